The molecule has 86 valence electrons. The normalized spacial score (nSPS) is 20.1. The highest BCUT2D eigenvalue weighted by molar-refractivity contribution is 4.48. The van der Waals surface area contributed by atoms with Gasteiger partial charge >= 0.3 is 0 Å². The van der Waals surface area contributed by atoms with E-state index in [2.05, 4.69) is 14.0 Å². The van der Waals surface area contributed by atoms with Crippen LogP contribution in [0.25, 0.3) is 0 Å². The molecule has 1 fully saturated rings. The van der Waals surface area contributed by atoms with E-state index in [-0.39, 0.29) is 17.0 Å². The van der Waals surface area contributed by atoms with E-state index in [0.29, 0.717) is 0 Å². The van der Waals surface area contributed by atoms with Crippen molar-refractivity contribution in [1.29, 1.82) is 0 Å². The quantitative estimate of drug-likeness (QED) is 0.460. The molecule has 1 aliphatic rings. The van der Waals surface area contributed by atoms with Gasteiger partial charge in [-0.05, 0) is 12.8 Å². The van der Waals surface area contributed by atoms with Gasteiger partial charge in [-0.1, -0.05) is 19.8 Å². The summed E-state index contributed by atoms with van der Waals surface area (Å²) in [6.45, 7) is 7.97. The Morgan fingerprint density at radius 2 is 1.71 bits per heavy atom. The van der Waals surface area contributed by atoms with Crippen molar-refractivity contribution in [2.24, 2.45) is 0 Å². The van der Waals surface area contributed by atoms with Gasteiger partial charge < -0.3 is 26.2 Å². The average Bonchev–Trinajstić information content (AvgIpc) is 2.14. The summed E-state index contributed by atoms with van der Waals surface area (Å²) in [6.07, 6.45) is 5.54. The average molecular weight is 266 g/mol. The van der Waals surface area contributed by atoms with Gasteiger partial charge in [-0.3, -0.25) is 0 Å². The summed E-state index contributed by atoms with van der Waals surface area (Å²) >= 11 is 0. The Balaban J connectivity index is 0.00000169. The summed E-state index contributed by atoms with van der Waals surface area (Å²) in [5, 5.41) is 0. The molecule has 1 aliphatic heterocycles. The first-order valence-corrected chi connectivity index (χ1v) is 5.68. The lowest BCUT2D eigenvalue weighted by molar-refractivity contribution is -0.917. The summed E-state index contributed by atoms with van der Waals surface area (Å²) in [4.78, 5) is 0. The molecule has 1 saturated heterocycles. The smallest absolute Gasteiger partial charge is 0.102 e. The Bertz CT molecular complexity index is 135. The zero-order valence-corrected chi connectivity index (χ0v) is 11.2. The molecule has 0 aromatic carbocycles. The fourth-order valence-corrected chi connectivity index (χ4v) is 1.93. The minimum Gasteiger partial charge on any atom is -1.00 e. The van der Waals surface area contributed by atoms with Crippen molar-refractivity contribution in [3.8, 4) is 0 Å². The van der Waals surface area contributed by atoms with Gasteiger partial charge in [0.1, 0.15) is 13.1 Å². The third-order valence-corrected chi connectivity index (χ3v) is 3.10. The van der Waals surface area contributed by atoms with Crippen LogP contribution in [0.5, 0.6) is 0 Å². The zero-order chi connectivity index (χ0) is 9.57. The van der Waals surface area contributed by atoms with Crippen LogP contribution in [0.4, 0.5) is 0 Å². The molecule has 14 heavy (non-hydrogen) atoms. The second-order valence-corrected chi connectivity index (χ2v) is 4.46. The third-order valence-electron chi connectivity index (χ3n) is 3.10. The maximum atomic E-state index is 5.38. The molecule has 2 nitrogen and oxygen atoms in total. The summed E-state index contributed by atoms with van der Waals surface area (Å²) in [6, 6.07) is 0. The number of morpholine rings is 1. The molecule has 0 aromatic heterocycles. The van der Waals surface area contributed by atoms with Crippen molar-refractivity contribution in [1.82, 2.24) is 0 Å². The van der Waals surface area contributed by atoms with Gasteiger partial charge in [0.05, 0.1) is 26.8 Å². The van der Waals surface area contributed by atoms with Crippen molar-refractivity contribution in [2.75, 3.05) is 39.9 Å². The maximum Gasteiger partial charge on any atom is 0.102 e. The lowest BCUT2D eigenvalue weighted by atomic mass is 10.2. The molecular weight excluding hydrogens is 242 g/mol. The lowest BCUT2D eigenvalue weighted by Crippen LogP contribution is -3.00. The van der Waals surface area contributed by atoms with Crippen molar-refractivity contribution in [3.63, 3.8) is 0 Å². The summed E-state index contributed by atoms with van der Waals surface area (Å²) < 4.78 is 6.62. The Labute approximate surface area is 99.0 Å². The van der Waals surface area contributed by atoms with Gasteiger partial charge in [-0.25, -0.2) is 0 Å². The number of likely N-dealkylation sites (N-methyl/N-ethyl adjacent to an activating group) is 1. The van der Waals surface area contributed by atoms with Crippen LogP contribution in [0.1, 0.15) is 32.6 Å². The minimum absolute atomic E-state index is 0. The highest BCUT2D eigenvalue weighted by Crippen LogP contribution is 2.10. The summed E-state index contributed by atoms with van der Waals surface area (Å²) in [5.41, 5.74) is 0. The third kappa shape index (κ3) is 5.32. The van der Waals surface area contributed by atoms with E-state index in [1.165, 1.54) is 49.8 Å². The number of rotatable bonds is 5. The van der Waals surface area contributed by atoms with Crippen LogP contribution in [-0.2, 0) is 4.74 Å². The predicted octanol–water partition coefficient (Wildman–Crippen LogP) is -0.952. The second-order valence-electron chi connectivity index (χ2n) is 4.46. The van der Waals surface area contributed by atoms with E-state index < -0.39 is 0 Å². The zero-order valence-electron chi connectivity index (χ0n) is 9.60. The Hall–Kier alpha value is 0.400. The minimum atomic E-state index is 0. The molecule has 0 atom stereocenters. The van der Waals surface area contributed by atoms with E-state index in [0.717, 1.165) is 13.2 Å². The van der Waals surface area contributed by atoms with Gasteiger partial charge in [0, 0.05) is 0 Å². The van der Waals surface area contributed by atoms with Gasteiger partial charge in [0.2, 0.25) is 0 Å². The van der Waals surface area contributed by atoms with E-state index in [9.17, 15) is 0 Å². The number of halogens is 1. The lowest BCUT2D eigenvalue weighted by Gasteiger charge is -2.37. The molecule has 0 aliphatic carbocycles. The molecule has 1 heterocycles. The summed E-state index contributed by atoms with van der Waals surface area (Å²) in [7, 11) is 2.37. The number of ether oxygens (including phenoxy) is 1. The molecule has 0 radical (unpaired) electrons. The van der Waals surface area contributed by atoms with Gasteiger partial charge in [-0.2, -0.15) is 0 Å². The predicted molar refractivity (Wildman–Crippen MR) is 55.7 cm³/mol. The number of hydrogen-bond donors (Lipinski definition) is 0. The molecule has 0 N–H and O–H groups in total. The van der Waals surface area contributed by atoms with Crippen molar-refractivity contribution in [3.05, 3.63) is 0 Å². The van der Waals surface area contributed by atoms with Gasteiger partial charge in [-0.15, -0.1) is 0 Å². The maximum absolute atomic E-state index is 5.38. The van der Waals surface area contributed by atoms with Crippen LogP contribution in [0.15, 0.2) is 0 Å². The van der Waals surface area contributed by atoms with Crippen molar-refractivity contribution in [2.45, 2.75) is 32.6 Å². The number of quaternary nitrogens is 1. The van der Waals surface area contributed by atoms with Crippen LogP contribution in [-0.4, -0.2) is 44.4 Å². The monoisotopic (exact) mass is 265 g/mol. The van der Waals surface area contributed by atoms with Crippen LogP contribution in [0.3, 0.4) is 0 Å². The number of hydrogen-bond acceptors (Lipinski definition) is 1. The first kappa shape index (κ1) is 14.4. The van der Waals surface area contributed by atoms with Crippen LogP contribution >= 0.6 is 0 Å². The molecule has 0 amide bonds. The molecule has 1 rings (SSSR count). The van der Waals surface area contributed by atoms with E-state index in [1.807, 2.05) is 0 Å². The topological polar surface area (TPSA) is 9.23 Å². The van der Waals surface area contributed by atoms with E-state index >= 15 is 0 Å². The molecular formula is C11H24BrNO. The molecule has 0 saturated carbocycles. The summed E-state index contributed by atoms with van der Waals surface area (Å²) in [5.74, 6) is 0. The molecule has 3 heteroatoms. The van der Waals surface area contributed by atoms with E-state index in [4.69, 9.17) is 4.74 Å². The molecule has 0 aromatic rings. The number of unbranched alkanes of at least 4 members (excludes halogenated alkanes) is 3. The number of nitrogens with zero attached hydrogens (tertiary/aromatic N) is 1. The van der Waals surface area contributed by atoms with Crippen molar-refractivity contribution >= 4 is 0 Å². The van der Waals surface area contributed by atoms with Crippen molar-refractivity contribution < 1.29 is 26.2 Å². The fourth-order valence-electron chi connectivity index (χ4n) is 1.93. The van der Waals surface area contributed by atoms with Crippen LogP contribution < -0.4 is 17.0 Å². The Morgan fingerprint density at radius 1 is 1.07 bits per heavy atom. The van der Waals surface area contributed by atoms with Gasteiger partial charge in [0.15, 0.2) is 0 Å². The first-order chi connectivity index (χ1) is 6.27. The first-order valence-electron chi connectivity index (χ1n) is 5.68. The molecule has 0 bridgehead atoms. The van der Waals surface area contributed by atoms with Crippen LogP contribution in [0.2, 0.25) is 0 Å². The molecule has 0 unspecified atom stereocenters. The highest BCUT2D eigenvalue weighted by atomic mass is 79.9. The highest BCUT2D eigenvalue weighted by Gasteiger charge is 2.23. The molecule has 0 spiro atoms. The van der Waals surface area contributed by atoms with E-state index in [1.54, 1.807) is 0 Å². The Kier molecular flexibility index (Phi) is 7.88. The second kappa shape index (κ2) is 7.66. The largest absolute Gasteiger partial charge is 1.00 e. The Morgan fingerprint density at radius 3 is 2.29 bits per heavy atom. The SMILES string of the molecule is CCCCCC[N+]1(C)CCOCC1.[Br-]. The van der Waals surface area contributed by atoms with Gasteiger partial charge in [0.25, 0.3) is 0 Å². The van der Waals surface area contributed by atoms with Crippen LogP contribution in [0, 0.1) is 0 Å². The standard InChI is InChI=1S/C11H24NO.BrH/c1-3-4-5-6-7-12(2)8-10-13-11-9-12;/h3-11H2,1-2H3;1H/q+1;/p-1. The fraction of sp³-hybridized carbons (Fsp3) is 1.00.